The number of carbonyl (C=O) groups excluding carboxylic acids is 4. The fourth-order valence-electron chi connectivity index (χ4n) is 6.90. The van der Waals surface area contributed by atoms with Crippen LogP contribution >= 0.6 is 0 Å². The molecule has 0 bridgehead atoms. The number of carbonyl (C=O) groups is 4. The zero-order valence-electron chi connectivity index (χ0n) is 34.8. The molecule has 1 aromatic heterocycles. The SMILES string of the molecule is CNC(=O)N(CCC=O)c1ccc(CCN2CCN(c3ccc(-c4cnc(N)c(C(=N)c5ccc([C@@H](C)NC(=O)C(=N)NC(=O)C(C)(C)C)c(C)c5)c4)cc3)CC2)cc1. The second-order valence-electron chi connectivity index (χ2n) is 15.8. The number of hydrogen-bond donors (Lipinski definition) is 6. The van der Waals surface area contributed by atoms with E-state index in [0.717, 1.165) is 79.1 Å². The number of nitrogen functional groups attached to an aromatic ring is 1. The summed E-state index contributed by atoms with van der Waals surface area (Å²) in [5.74, 6) is -1.37. The number of anilines is 3. The highest BCUT2D eigenvalue weighted by Gasteiger charge is 2.25. The number of amidine groups is 1. The highest BCUT2D eigenvalue weighted by Crippen LogP contribution is 2.28. The summed E-state index contributed by atoms with van der Waals surface area (Å²) >= 11 is 0. The number of pyridine rings is 1. The number of hydrogen-bond acceptors (Lipinski definition) is 10. The molecule has 1 saturated heterocycles. The molecule has 14 heteroatoms. The van der Waals surface area contributed by atoms with Crippen molar-refractivity contribution < 1.29 is 19.2 Å². The number of nitrogens with one attached hydrogen (secondary N) is 5. The van der Waals surface area contributed by atoms with Crippen LogP contribution in [0.3, 0.4) is 0 Å². The Kier molecular flexibility index (Phi) is 14.3. The summed E-state index contributed by atoms with van der Waals surface area (Å²) in [6.07, 6.45) is 3.72. The van der Waals surface area contributed by atoms with Crippen LogP contribution in [0.2, 0.25) is 0 Å². The lowest BCUT2D eigenvalue weighted by Gasteiger charge is -2.36. The average molecular weight is 801 g/mol. The average Bonchev–Trinajstić information content (AvgIpc) is 3.23. The summed E-state index contributed by atoms with van der Waals surface area (Å²) in [6.45, 7) is 13.8. The molecule has 4 amide bonds. The van der Waals surface area contributed by atoms with E-state index in [9.17, 15) is 19.2 Å². The maximum atomic E-state index is 12.7. The summed E-state index contributed by atoms with van der Waals surface area (Å²) in [6, 6.07) is 23.1. The first kappa shape index (κ1) is 43.7. The Bertz CT molecular complexity index is 2170. The molecular weight excluding hydrogens is 745 g/mol. The molecule has 0 unspecified atom stereocenters. The molecule has 14 nitrogen and oxygen atoms in total. The Labute approximate surface area is 346 Å². The Morgan fingerprint density at radius 2 is 1.63 bits per heavy atom. The predicted molar refractivity (Wildman–Crippen MR) is 234 cm³/mol. The van der Waals surface area contributed by atoms with Crippen molar-refractivity contribution in [2.45, 2.75) is 53.5 Å². The molecule has 5 rings (SSSR count). The third kappa shape index (κ3) is 11.2. The zero-order chi connectivity index (χ0) is 42.9. The predicted octanol–water partition coefficient (Wildman–Crippen LogP) is 5.47. The molecule has 310 valence electrons. The first-order valence-electron chi connectivity index (χ1n) is 19.9. The third-order valence-corrected chi connectivity index (χ3v) is 10.5. The summed E-state index contributed by atoms with van der Waals surface area (Å²) in [5, 5.41) is 24.9. The Morgan fingerprint density at radius 3 is 2.24 bits per heavy atom. The van der Waals surface area contributed by atoms with Crippen molar-refractivity contribution in [1.82, 2.24) is 25.8 Å². The van der Waals surface area contributed by atoms with E-state index in [1.165, 1.54) is 5.56 Å². The van der Waals surface area contributed by atoms with Crippen molar-refractivity contribution in [1.29, 1.82) is 10.8 Å². The van der Waals surface area contributed by atoms with Crippen LogP contribution in [0.4, 0.5) is 22.0 Å². The van der Waals surface area contributed by atoms with E-state index < -0.39 is 29.1 Å². The van der Waals surface area contributed by atoms with Crippen LogP contribution in [0, 0.1) is 23.2 Å². The van der Waals surface area contributed by atoms with Crippen LogP contribution in [0.1, 0.15) is 68.0 Å². The van der Waals surface area contributed by atoms with Gasteiger partial charge >= 0.3 is 6.03 Å². The molecule has 1 aliphatic heterocycles. The van der Waals surface area contributed by atoms with Gasteiger partial charge in [-0.1, -0.05) is 57.2 Å². The standard InChI is InChI=1S/C45H56N10O4/c1-29-26-33(12-17-37(29)30(2)51-42(57)41(48)52-43(58)45(3,4)5)39(46)38-27-34(28-50-40(38)47)32-10-15-35(16-11-32)54-23-21-53(22-24-54)20-18-31-8-13-36(14-9-31)55(19-7-25-56)44(59)49-6/h8-17,25-28,30,46H,7,18-24H2,1-6H3,(H2,47,50)(H,49,59)(H,51,57)(H2,48,52,58)/t30-/m1/s1. The summed E-state index contributed by atoms with van der Waals surface area (Å²) < 4.78 is 0. The van der Waals surface area contributed by atoms with Crippen molar-refractivity contribution in [3.63, 3.8) is 0 Å². The fourth-order valence-corrected chi connectivity index (χ4v) is 6.90. The number of nitrogens with zero attached hydrogens (tertiary/aromatic N) is 4. The lowest BCUT2D eigenvalue weighted by Crippen LogP contribution is -2.47. The smallest absolute Gasteiger partial charge is 0.321 e. The Hall–Kier alpha value is -6.41. The molecule has 3 aromatic carbocycles. The molecule has 0 radical (unpaired) electrons. The van der Waals surface area contributed by atoms with Gasteiger partial charge in [0.1, 0.15) is 12.1 Å². The van der Waals surface area contributed by atoms with Gasteiger partial charge in [0.2, 0.25) is 5.91 Å². The van der Waals surface area contributed by atoms with Crippen molar-refractivity contribution >= 4 is 52.9 Å². The molecule has 7 N–H and O–H groups in total. The molecule has 4 aromatic rings. The highest BCUT2D eigenvalue weighted by molar-refractivity contribution is 6.39. The number of aryl methyl sites for hydroxylation is 1. The van der Waals surface area contributed by atoms with Crippen LogP contribution in [-0.4, -0.2) is 91.9 Å². The van der Waals surface area contributed by atoms with E-state index in [4.69, 9.17) is 16.6 Å². The lowest BCUT2D eigenvalue weighted by molar-refractivity contribution is -0.127. The number of benzene rings is 3. The van der Waals surface area contributed by atoms with Gasteiger partial charge in [0.05, 0.1) is 11.8 Å². The van der Waals surface area contributed by atoms with Crippen molar-refractivity contribution in [3.8, 4) is 11.1 Å². The first-order chi connectivity index (χ1) is 28.1. The highest BCUT2D eigenvalue weighted by atomic mass is 16.2. The van der Waals surface area contributed by atoms with Gasteiger partial charge in [0.15, 0.2) is 5.84 Å². The molecule has 1 aliphatic rings. The van der Waals surface area contributed by atoms with Gasteiger partial charge in [0.25, 0.3) is 5.91 Å². The molecule has 2 heterocycles. The van der Waals surface area contributed by atoms with Gasteiger partial charge < -0.3 is 31.4 Å². The van der Waals surface area contributed by atoms with E-state index in [-0.39, 0.29) is 24.0 Å². The maximum Gasteiger partial charge on any atom is 0.321 e. The largest absolute Gasteiger partial charge is 0.383 e. The van der Waals surface area contributed by atoms with Crippen LogP contribution in [0.25, 0.3) is 11.1 Å². The second kappa shape index (κ2) is 19.4. The topological polar surface area (TPSA) is 201 Å². The molecule has 0 saturated carbocycles. The molecular formula is C45H56N10O4. The number of rotatable bonds is 13. The molecule has 1 atom stereocenters. The van der Waals surface area contributed by atoms with E-state index in [2.05, 4.69) is 55.0 Å². The number of urea groups is 1. The number of piperazine rings is 1. The van der Waals surface area contributed by atoms with Gasteiger partial charge in [-0.15, -0.1) is 0 Å². The quantitative estimate of drug-likeness (QED) is 0.0581. The normalized spacial score (nSPS) is 13.6. The van der Waals surface area contributed by atoms with E-state index in [1.807, 2.05) is 49.4 Å². The Balaban J connectivity index is 1.15. The fraction of sp³-hybridized carbons (Fsp3) is 0.356. The molecule has 0 spiro atoms. The molecule has 0 aliphatic carbocycles. The van der Waals surface area contributed by atoms with Crippen LogP contribution in [0.15, 0.2) is 79.0 Å². The van der Waals surface area contributed by atoms with Crippen molar-refractivity contribution in [2.75, 3.05) is 61.8 Å². The van der Waals surface area contributed by atoms with Crippen LogP contribution < -0.4 is 31.5 Å². The third-order valence-electron chi connectivity index (χ3n) is 10.5. The first-order valence-corrected chi connectivity index (χ1v) is 19.9. The van der Waals surface area contributed by atoms with E-state index in [1.54, 1.807) is 51.9 Å². The zero-order valence-corrected chi connectivity index (χ0v) is 34.8. The number of nitrogens with two attached hydrogens (primary N) is 1. The Morgan fingerprint density at radius 1 is 0.949 bits per heavy atom. The van der Waals surface area contributed by atoms with Crippen molar-refractivity contribution in [2.24, 2.45) is 5.41 Å². The van der Waals surface area contributed by atoms with Crippen LogP contribution in [0.5, 0.6) is 0 Å². The second-order valence-corrected chi connectivity index (χ2v) is 15.8. The maximum absolute atomic E-state index is 12.7. The van der Waals surface area contributed by atoms with Crippen molar-refractivity contribution in [3.05, 3.63) is 107 Å². The minimum atomic E-state index is -0.739. The monoisotopic (exact) mass is 800 g/mol. The van der Waals surface area contributed by atoms with Gasteiger partial charge in [-0.05, 0) is 78.9 Å². The van der Waals surface area contributed by atoms with Gasteiger partial charge in [-0.25, -0.2) is 9.78 Å². The van der Waals surface area contributed by atoms with Gasteiger partial charge in [-0.2, -0.15) is 0 Å². The molecule has 1 fully saturated rings. The number of aromatic nitrogens is 1. The minimum absolute atomic E-state index is 0.222. The summed E-state index contributed by atoms with van der Waals surface area (Å²) in [4.78, 5) is 58.9. The molecule has 59 heavy (non-hydrogen) atoms. The van der Waals surface area contributed by atoms with Gasteiger partial charge in [0, 0.05) is 92.4 Å². The number of amides is 4. The summed E-state index contributed by atoms with van der Waals surface area (Å²) in [7, 11) is 1.58. The van der Waals surface area contributed by atoms with E-state index in [0.29, 0.717) is 17.7 Å². The van der Waals surface area contributed by atoms with E-state index >= 15 is 0 Å². The van der Waals surface area contributed by atoms with Crippen LogP contribution in [-0.2, 0) is 20.8 Å². The minimum Gasteiger partial charge on any atom is -0.383 e. The lowest BCUT2D eigenvalue weighted by atomic mass is 9.94. The summed E-state index contributed by atoms with van der Waals surface area (Å²) in [5.41, 5.74) is 13.5. The van der Waals surface area contributed by atoms with Gasteiger partial charge in [-0.3, -0.25) is 30.2 Å². The number of aldehydes is 1.